The lowest BCUT2D eigenvalue weighted by atomic mass is 10.0. The van der Waals surface area contributed by atoms with E-state index in [2.05, 4.69) is 11.8 Å². The van der Waals surface area contributed by atoms with E-state index in [1.54, 1.807) is 12.1 Å². The van der Waals surface area contributed by atoms with Crippen LogP contribution >= 0.6 is 0 Å². The molecule has 0 aliphatic rings. The van der Waals surface area contributed by atoms with Crippen LogP contribution in [0.1, 0.15) is 16.7 Å². The highest BCUT2D eigenvalue weighted by molar-refractivity contribution is 5.62. The molecule has 0 atom stereocenters. The molecule has 0 aliphatic heterocycles. The second-order valence-corrected chi connectivity index (χ2v) is 2.49. The molecule has 0 bridgehead atoms. The lowest BCUT2D eigenvalue weighted by Gasteiger charge is -2.04. The number of benzene rings is 1. The van der Waals surface area contributed by atoms with Crippen molar-refractivity contribution >= 4 is 5.69 Å². The number of nitrogens with two attached hydrogens (primary N) is 1. The Morgan fingerprint density at radius 1 is 1.25 bits per heavy atom. The van der Waals surface area contributed by atoms with Gasteiger partial charge in [-0.05, 0) is 24.6 Å². The van der Waals surface area contributed by atoms with Gasteiger partial charge in [0.1, 0.15) is 0 Å². The molecule has 0 amide bonds. The number of rotatable bonds is 0. The second-order valence-electron chi connectivity index (χ2n) is 2.49. The first-order valence-corrected chi connectivity index (χ1v) is 3.53. The average Bonchev–Trinajstić information content (AvgIpc) is 2.09. The summed E-state index contributed by atoms with van der Waals surface area (Å²) in [7, 11) is 0. The van der Waals surface area contributed by atoms with Crippen molar-refractivity contribution in [3.63, 3.8) is 0 Å². The molecule has 0 unspecified atom stereocenters. The molecule has 0 spiro atoms. The van der Waals surface area contributed by atoms with Gasteiger partial charge in [0, 0.05) is 16.8 Å². The Balaban J connectivity index is 3.52. The normalized spacial score (nSPS) is 8.58. The van der Waals surface area contributed by atoms with Crippen LogP contribution in [0.3, 0.4) is 0 Å². The largest absolute Gasteiger partial charge is 0.398 e. The zero-order valence-corrected chi connectivity index (χ0v) is 6.89. The molecule has 0 saturated heterocycles. The Hall–Kier alpha value is -1.86. The average molecular weight is 155 g/mol. The van der Waals surface area contributed by atoms with Gasteiger partial charge >= 0.3 is 0 Å². The van der Waals surface area contributed by atoms with E-state index in [1.165, 1.54) is 0 Å². The number of hydrogen-bond donors (Lipinski definition) is 1. The van der Waals surface area contributed by atoms with Crippen LogP contribution in [0.15, 0.2) is 12.1 Å². The van der Waals surface area contributed by atoms with Crippen LogP contribution in [-0.2, 0) is 0 Å². The van der Waals surface area contributed by atoms with Gasteiger partial charge < -0.3 is 5.73 Å². The van der Waals surface area contributed by atoms with Gasteiger partial charge in [0.2, 0.25) is 0 Å². The quantitative estimate of drug-likeness (QED) is 0.446. The summed E-state index contributed by atoms with van der Waals surface area (Å²) in [4.78, 5) is 0. The Labute approximate surface area is 72.6 Å². The van der Waals surface area contributed by atoms with Crippen molar-refractivity contribution in [1.82, 2.24) is 0 Å². The molecule has 1 heteroatoms. The van der Waals surface area contributed by atoms with Crippen LogP contribution in [0.2, 0.25) is 0 Å². The second kappa shape index (κ2) is 3.03. The van der Waals surface area contributed by atoms with Gasteiger partial charge in [0.25, 0.3) is 0 Å². The van der Waals surface area contributed by atoms with Crippen LogP contribution in [0.5, 0.6) is 0 Å². The molecule has 0 aliphatic carbocycles. The topological polar surface area (TPSA) is 26.0 Å². The third-order valence-electron chi connectivity index (χ3n) is 1.81. The highest BCUT2D eigenvalue weighted by atomic mass is 14.6. The maximum absolute atomic E-state index is 5.66. The fourth-order valence-corrected chi connectivity index (χ4v) is 1.03. The smallest absolute Gasteiger partial charge is 0.0448 e. The van der Waals surface area contributed by atoms with E-state index in [0.29, 0.717) is 5.69 Å². The summed E-state index contributed by atoms with van der Waals surface area (Å²) >= 11 is 0. The van der Waals surface area contributed by atoms with Gasteiger partial charge in [-0.15, -0.1) is 12.8 Å². The molecule has 1 rings (SSSR count). The molecule has 1 aromatic rings. The molecular formula is C11H9N. The zero-order valence-electron chi connectivity index (χ0n) is 6.89. The maximum Gasteiger partial charge on any atom is 0.0448 e. The fraction of sp³-hybridized carbons (Fsp3) is 0.0909. The van der Waals surface area contributed by atoms with E-state index >= 15 is 0 Å². The molecule has 0 saturated carbocycles. The van der Waals surface area contributed by atoms with Crippen LogP contribution in [0.25, 0.3) is 0 Å². The summed E-state index contributed by atoms with van der Waals surface area (Å²) in [6.45, 7) is 1.87. The van der Waals surface area contributed by atoms with Crippen molar-refractivity contribution in [2.45, 2.75) is 6.92 Å². The molecular weight excluding hydrogens is 146 g/mol. The van der Waals surface area contributed by atoms with Crippen LogP contribution in [-0.4, -0.2) is 0 Å². The first-order chi connectivity index (χ1) is 5.70. The number of hydrogen-bond acceptors (Lipinski definition) is 1. The van der Waals surface area contributed by atoms with E-state index in [0.717, 1.165) is 16.7 Å². The Bertz CT molecular complexity index is 389. The van der Waals surface area contributed by atoms with Crippen LogP contribution in [0, 0.1) is 31.6 Å². The Morgan fingerprint density at radius 3 is 2.42 bits per heavy atom. The minimum atomic E-state index is 0.682. The molecule has 58 valence electrons. The third kappa shape index (κ3) is 1.13. The highest BCUT2D eigenvalue weighted by Crippen LogP contribution is 2.18. The monoisotopic (exact) mass is 155 g/mol. The van der Waals surface area contributed by atoms with Gasteiger partial charge in [-0.2, -0.15) is 0 Å². The lowest BCUT2D eigenvalue weighted by molar-refractivity contribution is 1.42. The van der Waals surface area contributed by atoms with E-state index in [9.17, 15) is 0 Å². The number of nitrogen functional groups attached to an aromatic ring is 1. The van der Waals surface area contributed by atoms with Crippen molar-refractivity contribution in [3.05, 3.63) is 28.8 Å². The van der Waals surface area contributed by atoms with Gasteiger partial charge in [0.15, 0.2) is 0 Å². The van der Waals surface area contributed by atoms with Gasteiger partial charge in [-0.25, -0.2) is 0 Å². The molecule has 1 aromatic carbocycles. The van der Waals surface area contributed by atoms with E-state index in [1.807, 2.05) is 6.92 Å². The van der Waals surface area contributed by atoms with E-state index in [4.69, 9.17) is 18.6 Å². The maximum atomic E-state index is 5.66. The summed E-state index contributed by atoms with van der Waals surface area (Å²) in [6.07, 6.45) is 10.6. The summed E-state index contributed by atoms with van der Waals surface area (Å²) in [5.41, 5.74) is 8.67. The fourth-order valence-electron chi connectivity index (χ4n) is 1.03. The van der Waals surface area contributed by atoms with Gasteiger partial charge in [-0.1, -0.05) is 11.8 Å². The lowest BCUT2D eigenvalue weighted by Crippen LogP contribution is -1.95. The SMILES string of the molecule is C#Cc1ccc(N)c(C)c1C#C. The van der Waals surface area contributed by atoms with Crippen molar-refractivity contribution in [2.24, 2.45) is 0 Å². The highest BCUT2D eigenvalue weighted by Gasteiger charge is 2.03. The van der Waals surface area contributed by atoms with E-state index < -0.39 is 0 Å². The van der Waals surface area contributed by atoms with Crippen molar-refractivity contribution in [2.75, 3.05) is 5.73 Å². The molecule has 1 nitrogen and oxygen atoms in total. The molecule has 0 radical (unpaired) electrons. The minimum Gasteiger partial charge on any atom is -0.398 e. The minimum absolute atomic E-state index is 0.682. The third-order valence-corrected chi connectivity index (χ3v) is 1.81. The summed E-state index contributed by atoms with van der Waals surface area (Å²) in [5, 5.41) is 0. The molecule has 0 heterocycles. The van der Waals surface area contributed by atoms with Crippen molar-refractivity contribution in [3.8, 4) is 24.7 Å². The predicted octanol–water partition coefficient (Wildman–Crippen LogP) is 1.54. The van der Waals surface area contributed by atoms with Crippen LogP contribution < -0.4 is 5.73 Å². The Kier molecular flexibility index (Phi) is 2.08. The first-order valence-electron chi connectivity index (χ1n) is 3.53. The van der Waals surface area contributed by atoms with Crippen LogP contribution in [0.4, 0.5) is 5.69 Å². The van der Waals surface area contributed by atoms with Gasteiger partial charge in [-0.3, -0.25) is 0 Å². The first kappa shape index (κ1) is 8.24. The predicted molar refractivity (Wildman–Crippen MR) is 51.5 cm³/mol. The number of anilines is 1. The molecule has 12 heavy (non-hydrogen) atoms. The number of terminal acetylenes is 2. The summed E-state index contributed by atoms with van der Waals surface area (Å²) in [6, 6.07) is 3.53. The molecule has 0 aromatic heterocycles. The summed E-state index contributed by atoms with van der Waals surface area (Å²) < 4.78 is 0. The van der Waals surface area contributed by atoms with Crippen molar-refractivity contribution < 1.29 is 0 Å². The zero-order chi connectivity index (χ0) is 9.14. The Morgan fingerprint density at radius 2 is 1.92 bits per heavy atom. The standard InChI is InChI=1S/C11H9N/c1-4-9-6-7-11(12)8(3)10(9)5-2/h1-2,6-7H,12H2,3H3. The summed E-state index contributed by atoms with van der Waals surface area (Å²) in [5.74, 6) is 5.05. The molecule has 2 N–H and O–H groups in total. The van der Waals surface area contributed by atoms with Gasteiger partial charge in [0.05, 0.1) is 0 Å². The van der Waals surface area contributed by atoms with E-state index in [-0.39, 0.29) is 0 Å². The van der Waals surface area contributed by atoms with Crippen molar-refractivity contribution in [1.29, 1.82) is 0 Å². The molecule has 0 fully saturated rings.